The number of nitriles is 1. The molecular weight excluding hydrogens is 414 g/mol. The van der Waals surface area contributed by atoms with Crippen molar-refractivity contribution in [3.8, 4) is 29.1 Å². The molecule has 0 spiro atoms. The maximum atomic E-state index is 12.9. The van der Waals surface area contributed by atoms with Crippen molar-refractivity contribution in [2.24, 2.45) is 0 Å². The quantitative estimate of drug-likeness (QED) is 0.707. The maximum absolute atomic E-state index is 12.9. The first-order valence-corrected chi connectivity index (χ1v) is 10.3. The summed E-state index contributed by atoms with van der Waals surface area (Å²) < 4.78 is 21.5. The van der Waals surface area contributed by atoms with Crippen LogP contribution in [0.3, 0.4) is 0 Å². The van der Waals surface area contributed by atoms with Gasteiger partial charge in [0, 0.05) is 6.54 Å². The highest BCUT2D eigenvalue weighted by Gasteiger charge is 2.35. The van der Waals surface area contributed by atoms with Crippen molar-refractivity contribution in [2.75, 3.05) is 27.1 Å². The highest BCUT2D eigenvalue weighted by Crippen LogP contribution is 2.34. The summed E-state index contributed by atoms with van der Waals surface area (Å²) >= 11 is 0. The van der Waals surface area contributed by atoms with Crippen molar-refractivity contribution >= 4 is 11.8 Å². The third-order valence-corrected chi connectivity index (χ3v) is 5.44. The Hall–Kier alpha value is -3.93. The Kier molecular flexibility index (Phi) is 6.31. The summed E-state index contributed by atoms with van der Waals surface area (Å²) in [6.45, 7) is 0.361. The molecule has 0 aromatic heterocycles. The molecule has 1 fully saturated rings. The van der Waals surface area contributed by atoms with Gasteiger partial charge in [-0.2, -0.15) is 5.26 Å². The summed E-state index contributed by atoms with van der Waals surface area (Å²) in [6, 6.07) is 12.7. The van der Waals surface area contributed by atoms with Gasteiger partial charge in [0.1, 0.15) is 12.1 Å². The van der Waals surface area contributed by atoms with Gasteiger partial charge in [0.15, 0.2) is 29.6 Å². The van der Waals surface area contributed by atoms with Crippen molar-refractivity contribution in [1.29, 1.82) is 5.26 Å². The monoisotopic (exact) mass is 437 g/mol. The number of ether oxygens (including phenoxy) is 4. The molecule has 2 aromatic rings. The number of carbonyl (C=O) groups is 2. The fraction of sp³-hybridized carbons (Fsp3) is 0.348. The Morgan fingerprint density at radius 2 is 2.00 bits per heavy atom. The minimum Gasteiger partial charge on any atom is -0.493 e. The maximum Gasteiger partial charge on any atom is 0.261 e. The third-order valence-electron chi connectivity index (χ3n) is 5.44. The van der Waals surface area contributed by atoms with E-state index >= 15 is 0 Å². The predicted molar refractivity (Wildman–Crippen MR) is 112 cm³/mol. The van der Waals surface area contributed by atoms with Crippen LogP contribution in [0.5, 0.6) is 23.0 Å². The molecule has 32 heavy (non-hydrogen) atoms. The average molecular weight is 437 g/mol. The van der Waals surface area contributed by atoms with E-state index in [4.69, 9.17) is 18.9 Å². The summed E-state index contributed by atoms with van der Waals surface area (Å²) in [6.07, 6.45) is 1.21. The Balaban J connectivity index is 1.39. The minimum atomic E-state index is -0.876. The lowest BCUT2D eigenvalue weighted by molar-refractivity contribution is -0.140. The highest BCUT2D eigenvalue weighted by molar-refractivity contribution is 5.89. The normalized spacial score (nSPS) is 17.4. The second-order valence-electron chi connectivity index (χ2n) is 7.37. The van der Waals surface area contributed by atoms with Gasteiger partial charge in [0.05, 0.1) is 13.2 Å². The highest BCUT2D eigenvalue weighted by atomic mass is 16.7. The van der Waals surface area contributed by atoms with Gasteiger partial charge in [-0.3, -0.25) is 9.59 Å². The zero-order valence-electron chi connectivity index (χ0n) is 17.6. The summed E-state index contributed by atoms with van der Waals surface area (Å²) in [5, 5.41) is 12.3. The summed E-state index contributed by atoms with van der Waals surface area (Å²) in [5.41, 5.74) is 0.584. The molecule has 2 aliphatic heterocycles. The number of rotatable bonds is 7. The van der Waals surface area contributed by atoms with Gasteiger partial charge >= 0.3 is 0 Å². The first kappa shape index (κ1) is 21.3. The van der Waals surface area contributed by atoms with E-state index in [0.717, 1.165) is 0 Å². The van der Waals surface area contributed by atoms with Crippen molar-refractivity contribution in [1.82, 2.24) is 10.2 Å². The van der Waals surface area contributed by atoms with E-state index < -0.39 is 12.1 Å². The van der Waals surface area contributed by atoms with Gasteiger partial charge in [-0.25, -0.2) is 0 Å². The molecule has 0 bridgehead atoms. The number of hydrogen-bond donors (Lipinski definition) is 1. The number of nitrogens with one attached hydrogen (secondary N) is 1. The lowest BCUT2D eigenvalue weighted by Crippen LogP contribution is -2.48. The van der Waals surface area contributed by atoms with Crippen LogP contribution in [0, 0.1) is 11.3 Å². The number of fused-ring (bicyclic) bond motifs is 1. The van der Waals surface area contributed by atoms with Gasteiger partial charge in [-0.05, 0) is 42.7 Å². The topological polar surface area (TPSA) is 110 Å². The Morgan fingerprint density at radius 3 is 2.78 bits per heavy atom. The molecule has 2 aromatic carbocycles. The van der Waals surface area contributed by atoms with Crippen LogP contribution in [-0.4, -0.2) is 49.8 Å². The molecule has 2 amide bonds. The van der Waals surface area contributed by atoms with Crippen molar-refractivity contribution in [2.45, 2.75) is 24.9 Å². The lowest BCUT2D eigenvalue weighted by Gasteiger charge is -2.25. The number of carbonyl (C=O) groups excluding carboxylic acids is 2. The third kappa shape index (κ3) is 4.39. The van der Waals surface area contributed by atoms with Gasteiger partial charge in [0.25, 0.3) is 5.91 Å². The Morgan fingerprint density at radius 1 is 1.22 bits per heavy atom. The van der Waals surface area contributed by atoms with Crippen molar-refractivity contribution in [3.63, 3.8) is 0 Å². The van der Waals surface area contributed by atoms with E-state index in [9.17, 15) is 14.9 Å². The molecule has 2 heterocycles. The number of benzene rings is 2. The molecule has 9 nitrogen and oxygen atoms in total. The molecule has 2 aliphatic rings. The number of hydrogen-bond acceptors (Lipinski definition) is 7. The van der Waals surface area contributed by atoms with Crippen LogP contribution in [0.4, 0.5) is 0 Å². The number of para-hydroxylation sites is 2. The minimum absolute atomic E-state index is 0.123. The SMILES string of the molecule is COc1ccccc1OCC(=O)N1CCC[C@H]1C(=O)NC(C#N)c1ccc2c(c1)OCO2. The number of nitrogens with zero attached hydrogens (tertiary/aromatic N) is 2. The van der Waals surface area contributed by atoms with E-state index in [-0.39, 0.29) is 25.2 Å². The molecule has 1 saturated heterocycles. The van der Waals surface area contributed by atoms with Crippen LogP contribution < -0.4 is 24.3 Å². The van der Waals surface area contributed by atoms with Crippen LogP contribution in [0.25, 0.3) is 0 Å². The van der Waals surface area contributed by atoms with Crippen LogP contribution in [-0.2, 0) is 9.59 Å². The number of methoxy groups -OCH3 is 1. The van der Waals surface area contributed by atoms with Gasteiger partial charge in [0.2, 0.25) is 12.7 Å². The molecular formula is C23H23N3O6. The molecule has 0 aliphatic carbocycles. The lowest BCUT2D eigenvalue weighted by atomic mass is 10.1. The fourth-order valence-electron chi connectivity index (χ4n) is 3.82. The van der Waals surface area contributed by atoms with Crippen LogP contribution >= 0.6 is 0 Å². The second-order valence-corrected chi connectivity index (χ2v) is 7.37. The molecule has 9 heteroatoms. The number of amides is 2. The summed E-state index contributed by atoms with van der Waals surface area (Å²) in [7, 11) is 1.52. The van der Waals surface area contributed by atoms with Crippen LogP contribution in [0.1, 0.15) is 24.4 Å². The Bertz CT molecular complexity index is 1050. The molecule has 0 radical (unpaired) electrons. The predicted octanol–water partition coefficient (Wildman–Crippen LogP) is 2.17. The van der Waals surface area contributed by atoms with Gasteiger partial charge in [-0.1, -0.05) is 18.2 Å². The van der Waals surface area contributed by atoms with Crippen molar-refractivity contribution in [3.05, 3.63) is 48.0 Å². The first-order chi connectivity index (χ1) is 15.6. The Labute approximate surface area is 185 Å². The largest absolute Gasteiger partial charge is 0.493 e. The van der Waals surface area contributed by atoms with Gasteiger partial charge < -0.3 is 29.2 Å². The molecule has 0 saturated carbocycles. The molecule has 166 valence electrons. The van der Waals surface area contributed by atoms with E-state index in [2.05, 4.69) is 11.4 Å². The fourth-order valence-corrected chi connectivity index (χ4v) is 3.82. The van der Waals surface area contributed by atoms with E-state index in [1.165, 1.54) is 12.0 Å². The van der Waals surface area contributed by atoms with E-state index in [1.807, 2.05) is 0 Å². The average Bonchev–Trinajstić information content (AvgIpc) is 3.50. The summed E-state index contributed by atoms with van der Waals surface area (Å²) in [5.74, 6) is 1.43. The zero-order chi connectivity index (χ0) is 22.5. The van der Waals surface area contributed by atoms with Crippen LogP contribution in [0.15, 0.2) is 42.5 Å². The number of likely N-dealkylation sites (tertiary alicyclic amines) is 1. The standard InChI is InChI=1S/C23H23N3O6/c1-29-18-6-2-3-7-19(18)30-13-22(27)26-10-4-5-17(26)23(28)25-16(12-24)15-8-9-20-21(11-15)32-14-31-20/h2-3,6-9,11,16-17H,4-5,10,13-14H2,1H3,(H,25,28)/t16?,17-/m0/s1. The summed E-state index contributed by atoms with van der Waals surface area (Å²) in [4.78, 5) is 27.2. The molecule has 4 rings (SSSR count). The molecule has 1 N–H and O–H groups in total. The second kappa shape index (κ2) is 9.47. The first-order valence-electron chi connectivity index (χ1n) is 10.3. The zero-order valence-corrected chi connectivity index (χ0v) is 17.6. The van der Waals surface area contributed by atoms with Crippen LogP contribution in [0.2, 0.25) is 0 Å². The molecule has 2 atom stereocenters. The van der Waals surface area contributed by atoms with E-state index in [1.54, 1.807) is 42.5 Å². The van der Waals surface area contributed by atoms with Gasteiger partial charge in [-0.15, -0.1) is 0 Å². The van der Waals surface area contributed by atoms with Crippen molar-refractivity contribution < 1.29 is 28.5 Å². The van der Waals surface area contributed by atoms with E-state index in [0.29, 0.717) is 47.9 Å². The molecule has 1 unspecified atom stereocenters. The smallest absolute Gasteiger partial charge is 0.261 e.